The van der Waals surface area contributed by atoms with Crippen molar-refractivity contribution in [1.82, 2.24) is 0 Å². The topological polar surface area (TPSA) is 12.4 Å². The van der Waals surface area contributed by atoms with Crippen LogP contribution in [0.2, 0.25) is 0 Å². The summed E-state index contributed by atoms with van der Waals surface area (Å²) in [6.07, 6.45) is 0. The van der Waals surface area contributed by atoms with E-state index in [1.54, 1.807) is 0 Å². The Morgan fingerprint density at radius 1 is 0.706 bits per heavy atom. The van der Waals surface area contributed by atoms with Gasteiger partial charge in [0.1, 0.15) is 0 Å². The highest BCUT2D eigenvalue weighted by Crippen LogP contribution is 2.37. The van der Waals surface area contributed by atoms with E-state index >= 15 is 0 Å². The van der Waals surface area contributed by atoms with E-state index in [-0.39, 0.29) is 0 Å². The molecule has 3 rings (SSSR count). The van der Waals surface area contributed by atoms with Crippen LogP contribution in [0.25, 0.3) is 11.1 Å². The Hall–Kier alpha value is -1.89. The number of hydrogen-bond acceptors (Lipinski definition) is 1. The highest BCUT2D eigenvalue weighted by atomic mass is 14.7. The summed E-state index contributed by atoms with van der Waals surface area (Å²) in [7, 11) is 1.87. The molecule has 1 aliphatic carbocycles. The molecule has 84 valence electrons. The lowest BCUT2D eigenvalue weighted by molar-refractivity contribution is 1.41. The molecule has 0 unspecified atom stereocenters. The summed E-state index contributed by atoms with van der Waals surface area (Å²) in [5.74, 6) is 0. The van der Waals surface area contributed by atoms with Gasteiger partial charge in [-0.05, 0) is 37.1 Å². The summed E-state index contributed by atoms with van der Waals surface area (Å²) in [5, 5.41) is 0. The zero-order chi connectivity index (χ0) is 12.0. The minimum Gasteiger partial charge on any atom is -0.287 e. The van der Waals surface area contributed by atoms with Gasteiger partial charge >= 0.3 is 0 Å². The van der Waals surface area contributed by atoms with Crippen LogP contribution in [0.5, 0.6) is 0 Å². The fourth-order valence-electron chi connectivity index (χ4n) is 2.56. The second kappa shape index (κ2) is 3.56. The van der Waals surface area contributed by atoms with Crippen LogP contribution in [0.3, 0.4) is 0 Å². The number of fused-ring (bicyclic) bond motifs is 3. The van der Waals surface area contributed by atoms with Crippen LogP contribution in [-0.2, 0) is 0 Å². The number of aliphatic imine (C=N–C) groups is 1. The maximum Gasteiger partial charge on any atom is 0.0728 e. The molecule has 2 aromatic rings. The van der Waals surface area contributed by atoms with Gasteiger partial charge in [0, 0.05) is 18.2 Å². The van der Waals surface area contributed by atoms with E-state index in [0.29, 0.717) is 0 Å². The highest BCUT2D eigenvalue weighted by Gasteiger charge is 2.23. The zero-order valence-corrected chi connectivity index (χ0v) is 10.4. The predicted molar refractivity (Wildman–Crippen MR) is 72.9 cm³/mol. The van der Waals surface area contributed by atoms with Crippen LogP contribution < -0.4 is 0 Å². The molecule has 0 atom stereocenters. The van der Waals surface area contributed by atoms with Crippen LogP contribution in [-0.4, -0.2) is 12.8 Å². The predicted octanol–water partition coefficient (Wildman–Crippen LogP) is 3.75. The molecule has 0 heterocycles. The Labute approximate surface area is 102 Å². The minimum atomic E-state index is 1.13. The molecule has 0 bridgehead atoms. The lowest BCUT2D eigenvalue weighted by Gasteiger charge is -2.01. The van der Waals surface area contributed by atoms with Gasteiger partial charge in [0.15, 0.2) is 0 Å². The van der Waals surface area contributed by atoms with Gasteiger partial charge in [-0.3, -0.25) is 4.99 Å². The van der Waals surface area contributed by atoms with Crippen LogP contribution in [0.15, 0.2) is 41.4 Å². The first-order valence-electron chi connectivity index (χ1n) is 5.90. The Morgan fingerprint density at radius 2 is 1.18 bits per heavy atom. The molecule has 1 heteroatoms. The van der Waals surface area contributed by atoms with E-state index in [1.807, 2.05) is 7.05 Å². The Balaban J connectivity index is 2.37. The number of rotatable bonds is 0. The van der Waals surface area contributed by atoms with Crippen LogP contribution in [0.1, 0.15) is 22.3 Å². The number of aryl methyl sites for hydroxylation is 2. The van der Waals surface area contributed by atoms with Gasteiger partial charge in [0.25, 0.3) is 0 Å². The summed E-state index contributed by atoms with van der Waals surface area (Å²) in [5.41, 5.74) is 8.87. The van der Waals surface area contributed by atoms with Gasteiger partial charge in [-0.25, -0.2) is 0 Å². The molecular formula is C16H15N. The minimum absolute atomic E-state index is 1.13. The maximum atomic E-state index is 4.47. The van der Waals surface area contributed by atoms with Crippen molar-refractivity contribution < 1.29 is 0 Å². The van der Waals surface area contributed by atoms with Crippen molar-refractivity contribution in [2.24, 2.45) is 4.99 Å². The molecule has 0 radical (unpaired) electrons. The van der Waals surface area contributed by atoms with E-state index in [2.05, 4.69) is 55.2 Å². The zero-order valence-electron chi connectivity index (χ0n) is 10.4. The molecule has 0 spiro atoms. The first-order valence-corrected chi connectivity index (χ1v) is 5.90. The Morgan fingerprint density at radius 3 is 1.59 bits per heavy atom. The standard InChI is InChI=1S/C16H15N/c1-10-4-6-12-13-7-5-11(2)9-15(13)16(17-3)14(12)8-10/h4-9H,1-3H3. The third-order valence-corrected chi connectivity index (χ3v) is 3.37. The van der Waals surface area contributed by atoms with Gasteiger partial charge in [0.2, 0.25) is 0 Å². The quantitative estimate of drug-likeness (QED) is 0.548. The van der Waals surface area contributed by atoms with Crippen molar-refractivity contribution in [1.29, 1.82) is 0 Å². The number of nitrogens with zero attached hydrogens (tertiary/aromatic N) is 1. The molecule has 0 N–H and O–H groups in total. The molecule has 0 amide bonds. The lowest BCUT2D eigenvalue weighted by Crippen LogP contribution is -1.98. The molecule has 1 nitrogen and oxygen atoms in total. The summed E-state index contributed by atoms with van der Waals surface area (Å²) >= 11 is 0. The van der Waals surface area contributed by atoms with E-state index in [4.69, 9.17) is 0 Å². The van der Waals surface area contributed by atoms with Crippen molar-refractivity contribution >= 4 is 5.71 Å². The molecule has 0 aliphatic heterocycles. The Bertz CT molecular complexity index is 582. The van der Waals surface area contributed by atoms with Gasteiger partial charge in [-0.2, -0.15) is 0 Å². The van der Waals surface area contributed by atoms with Crippen molar-refractivity contribution in [2.45, 2.75) is 13.8 Å². The average molecular weight is 221 g/mol. The highest BCUT2D eigenvalue weighted by molar-refractivity contribution is 6.24. The summed E-state index contributed by atoms with van der Waals surface area (Å²) in [4.78, 5) is 4.47. The Kier molecular flexibility index (Phi) is 2.15. The van der Waals surface area contributed by atoms with Gasteiger partial charge in [-0.1, -0.05) is 35.4 Å². The first kappa shape index (κ1) is 10.3. The van der Waals surface area contributed by atoms with Crippen molar-refractivity contribution in [2.75, 3.05) is 7.05 Å². The molecular weight excluding hydrogens is 206 g/mol. The second-order valence-corrected chi connectivity index (χ2v) is 4.67. The van der Waals surface area contributed by atoms with Crippen LogP contribution in [0.4, 0.5) is 0 Å². The average Bonchev–Trinajstić information content (AvgIpc) is 2.60. The fraction of sp³-hybridized carbons (Fsp3) is 0.188. The van der Waals surface area contributed by atoms with Crippen molar-refractivity contribution in [3.05, 3.63) is 58.7 Å². The van der Waals surface area contributed by atoms with Crippen molar-refractivity contribution in [3.63, 3.8) is 0 Å². The SMILES string of the molecule is CN=C1c2cc(C)ccc2-c2ccc(C)cc21. The summed E-state index contributed by atoms with van der Waals surface area (Å²) in [6, 6.07) is 13.2. The molecule has 1 aliphatic rings. The number of hydrogen-bond donors (Lipinski definition) is 0. The molecule has 0 saturated carbocycles. The van der Waals surface area contributed by atoms with E-state index in [9.17, 15) is 0 Å². The van der Waals surface area contributed by atoms with E-state index in [1.165, 1.54) is 33.4 Å². The monoisotopic (exact) mass is 221 g/mol. The maximum absolute atomic E-state index is 4.47. The second-order valence-electron chi connectivity index (χ2n) is 4.67. The van der Waals surface area contributed by atoms with Gasteiger partial charge in [-0.15, -0.1) is 0 Å². The van der Waals surface area contributed by atoms with Gasteiger partial charge in [0.05, 0.1) is 5.71 Å². The molecule has 0 saturated heterocycles. The first-order chi connectivity index (χ1) is 8.20. The molecule has 0 fully saturated rings. The number of benzene rings is 2. The molecule has 0 aromatic heterocycles. The smallest absolute Gasteiger partial charge is 0.0728 e. The van der Waals surface area contributed by atoms with E-state index in [0.717, 1.165) is 5.71 Å². The third kappa shape index (κ3) is 1.42. The molecule has 17 heavy (non-hydrogen) atoms. The van der Waals surface area contributed by atoms with E-state index < -0.39 is 0 Å². The third-order valence-electron chi connectivity index (χ3n) is 3.37. The largest absolute Gasteiger partial charge is 0.287 e. The van der Waals surface area contributed by atoms with Crippen molar-refractivity contribution in [3.8, 4) is 11.1 Å². The normalized spacial score (nSPS) is 12.3. The van der Waals surface area contributed by atoms with Gasteiger partial charge < -0.3 is 0 Å². The molecule has 2 aromatic carbocycles. The van der Waals surface area contributed by atoms with Crippen LogP contribution >= 0.6 is 0 Å². The summed E-state index contributed by atoms with van der Waals surface area (Å²) in [6.45, 7) is 4.25. The fourth-order valence-corrected chi connectivity index (χ4v) is 2.56. The summed E-state index contributed by atoms with van der Waals surface area (Å²) < 4.78 is 0. The lowest BCUT2D eigenvalue weighted by atomic mass is 10.0. The van der Waals surface area contributed by atoms with Crippen LogP contribution in [0, 0.1) is 13.8 Å².